The molecule has 0 amide bonds. The van der Waals surface area contributed by atoms with Crippen molar-refractivity contribution in [3.8, 4) is 0 Å². The van der Waals surface area contributed by atoms with Gasteiger partial charge in [-0.15, -0.1) is 0 Å². The number of nitrogens with two attached hydrogens (primary N) is 2. The molecule has 0 saturated heterocycles. The molecular formula is C9H8N4O2. The average molecular weight is 204 g/mol. The summed E-state index contributed by atoms with van der Waals surface area (Å²) in [5.41, 5.74) is 11.3. The molecule has 0 aliphatic heterocycles. The van der Waals surface area contributed by atoms with E-state index in [1.807, 2.05) is 0 Å². The lowest BCUT2D eigenvalue weighted by Crippen LogP contribution is -2.01. The summed E-state index contributed by atoms with van der Waals surface area (Å²) in [5, 5.41) is 12.0. The molecule has 15 heavy (non-hydrogen) atoms. The Labute approximate surface area is 84.7 Å². The quantitative estimate of drug-likeness (QED) is 0.413. The van der Waals surface area contributed by atoms with Crippen LogP contribution in [0.15, 0.2) is 24.5 Å². The van der Waals surface area contributed by atoms with Crippen LogP contribution in [-0.4, -0.2) is 9.91 Å². The van der Waals surface area contributed by atoms with Gasteiger partial charge in [0.05, 0.1) is 10.6 Å². The summed E-state index contributed by atoms with van der Waals surface area (Å²) in [5.74, 6) is 0. The minimum Gasteiger partial charge on any atom is -0.396 e. The minimum atomic E-state index is -0.550. The number of benzene rings is 1. The van der Waals surface area contributed by atoms with Crippen molar-refractivity contribution in [1.82, 2.24) is 4.98 Å². The van der Waals surface area contributed by atoms with Crippen LogP contribution in [-0.2, 0) is 0 Å². The monoisotopic (exact) mass is 204 g/mol. The van der Waals surface area contributed by atoms with Crippen molar-refractivity contribution in [2.24, 2.45) is 0 Å². The molecule has 1 aromatic carbocycles. The fourth-order valence-electron chi connectivity index (χ4n) is 1.42. The van der Waals surface area contributed by atoms with Crippen LogP contribution in [0.2, 0.25) is 0 Å². The summed E-state index contributed by atoms with van der Waals surface area (Å²) in [6.45, 7) is 0. The van der Waals surface area contributed by atoms with Crippen molar-refractivity contribution in [3.63, 3.8) is 0 Å². The molecule has 0 fully saturated rings. The number of rotatable bonds is 1. The number of nitro benzene ring substituents is 1. The van der Waals surface area contributed by atoms with Gasteiger partial charge in [-0.2, -0.15) is 0 Å². The third-order valence-corrected chi connectivity index (χ3v) is 2.20. The van der Waals surface area contributed by atoms with Gasteiger partial charge < -0.3 is 11.5 Å². The van der Waals surface area contributed by atoms with Gasteiger partial charge in [0.1, 0.15) is 5.69 Å². The maximum atomic E-state index is 10.7. The second-order valence-corrected chi connectivity index (χ2v) is 3.08. The molecule has 0 spiro atoms. The predicted molar refractivity (Wildman–Crippen MR) is 57.2 cm³/mol. The molecule has 76 valence electrons. The Morgan fingerprint density at radius 2 is 2.07 bits per heavy atom. The van der Waals surface area contributed by atoms with Crippen LogP contribution in [0, 0.1) is 10.1 Å². The molecule has 0 bridgehead atoms. The highest BCUT2D eigenvalue weighted by Crippen LogP contribution is 2.34. The normalized spacial score (nSPS) is 10.4. The Morgan fingerprint density at radius 3 is 2.73 bits per heavy atom. The van der Waals surface area contributed by atoms with E-state index in [-0.39, 0.29) is 17.1 Å². The molecule has 0 unspecified atom stereocenters. The number of nitrogen functional groups attached to an aromatic ring is 2. The average Bonchev–Trinajstić information content (AvgIpc) is 2.23. The summed E-state index contributed by atoms with van der Waals surface area (Å²) in [6.07, 6.45) is 3.08. The van der Waals surface area contributed by atoms with Crippen molar-refractivity contribution >= 4 is 27.8 Å². The highest BCUT2D eigenvalue weighted by molar-refractivity contribution is 6.01. The predicted octanol–water partition coefficient (Wildman–Crippen LogP) is 1.31. The first-order valence-corrected chi connectivity index (χ1v) is 4.17. The first-order valence-electron chi connectivity index (χ1n) is 4.17. The number of fused-ring (bicyclic) bond motifs is 1. The van der Waals surface area contributed by atoms with Crippen LogP contribution < -0.4 is 11.5 Å². The third-order valence-electron chi connectivity index (χ3n) is 2.20. The largest absolute Gasteiger partial charge is 0.396 e. The van der Waals surface area contributed by atoms with E-state index in [1.165, 1.54) is 12.3 Å². The Balaban J connectivity index is 2.88. The zero-order valence-electron chi connectivity index (χ0n) is 7.68. The van der Waals surface area contributed by atoms with Crippen LogP contribution >= 0.6 is 0 Å². The van der Waals surface area contributed by atoms with Crippen molar-refractivity contribution in [3.05, 3.63) is 34.6 Å². The number of anilines is 2. The summed E-state index contributed by atoms with van der Waals surface area (Å²) < 4.78 is 0. The van der Waals surface area contributed by atoms with E-state index in [4.69, 9.17) is 11.5 Å². The van der Waals surface area contributed by atoms with Gasteiger partial charge in [-0.1, -0.05) is 0 Å². The van der Waals surface area contributed by atoms with Gasteiger partial charge in [-0.25, -0.2) is 0 Å². The first kappa shape index (κ1) is 9.20. The summed E-state index contributed by atoms with van der Waals surface area (Å²) in [6, 6.07) is 3.04. The van der Waals surface area contributed by atoms with E-state index in [0.29, 0.717) is 10.8 Å². The van der Waals surface area contributed by atoms with Crippen LogP contribution in [0.4, 0.5) is 17.1 Å². The van der Waals surface area contributed by atoms with Gasteiger partial charge in [-0.3, -0.25) is 15.1 Å². The molecule has 0 radical (unpaired) electrons. The van der Waals surface area contributed by atoms with E-state index < -0.39 is 4.92 Å². The lowest BCUT2D eigenvalue weighted by Gasteiger charge is -2.05. The maximum Gasteiger partial charge on any atom is 0.294 e. The van der Waals surface area contributed by atoms with Crippen molar-refractivity contribution in [2.45, 2.75) is 0 Å². The Hall–Kier alpha value is -2.37. The molecule has 0 saturated carbocycles. The molecule has 0 aliphatic rings. The molecule has 1 heterocycles. The highest BCUT2D eigenvalue weighted by Gasteiger charge is 2.16. The second kappa shape index (κ2) is 3.09. The second-order valence-electron chi connectivity index (χ2n) is 3.08. The van der Waals surface area contributed by atoms with Crippen LogP contribution in [0.5, 0.6) is 0 Å². The van der Waals surface area contributed by atoms with Gasteiger partial charge in [-0.05, 0) is 11.5 Å². The molecule has 2 rings (SSSR count). The summed E-state index contributed by atoms with van der Waals surface area (Å²) >= 11 is 0. The molecule has 6 heteroatoms. The maximum absolute atomic E-state index is 10.7. The Morgan fingerprint density at radius 1 is 1.33 bits per heavy atom. The van der Waals surface area contributed by atoms with Crippen LogP contribution in [0.25, 0.3) is 10.8 Å². The zero-order valence-corrected chi connectivity index (χ0v) is 7.68. The summed E-state index contributed by atoms with van der Waals surface area (Å²) in [4.78, 5) is 14.0. The number of pyridine rings is 1. The lowest BCUT2D eigenvalue weighted by atomic mass is 10.1. The molecular weight excluding hydrogens is 196 g/mol. The number of aromatic nitrogens is 1. The lowest BCUT2D eigenvalue weighted by molar-refractivity contribution is -0.383. The fourth-order valence-corrected chi connectivity index (χ4v) is 1.42. The smallest absolute Gasteiger partial charge is 0.294 e. The van der Waals surface area contributed by atoms with E-state index in [2.05, 4.69) is 4.98 Å². The fraction of sp³-hybridized carbons (Fsp3) is 0. The molecule has 4 N–H and O–H groups in total. The Bertz CT molecular complexity index is 553. The van der Waals surface area contributed by atoms with Crippen LogP contribution in [0.3, 0.4) is 0 Å². The molecule has 6 nitrogen and oxygen atoms in total. The van der Waals surface area contributed by atoms with Crippen molar-refractivity contribution in [2.75, 3.05) is 11.5 Å². The third kappa shape index (κ3) is 1.32. The van der Waals surface area contributed by atoms with Gasteiger partial charge in [0.15, 0.2) is 0 Å². The summed E-state index contributed by atoms with van der Waals surface area (Å²) in [7, 11) is 0. The molecule has 0 atom stereocenters. The van der Waals surface area contributed by atoms with Gasteiger partial charge in [0.25, 0.3) is 5.69 Å². The van der Waals surface area contributed by atoms with E-state index in [1.54, 1.807) is 12.3 Å². The number of nitrogens with zero attached hydrogens (tertiary/aromatic N) is 2. The number of nitro groups is 1. The Kier molecular flexibility index (Phi) is 1.89. The minimum absolute atomic E-state index is 0.0134. The number of hydrogen-bond acceptors (Lipinski definition) is 5. The van der Waals surface area contributed by atoms with Crippen molar-refractivity contribution < 1.29 is 4.92 Å². The van der Waals surface area contributed by atoms with Crippen LogP contribution in [0.1, 0.15) is 0 Å². The topological polar surface area (TPSA) is 108 Å². The SMILES string of the molecule is Nc1c([N+](=O)[O-])cc2ccncc2c1N. The number of hydrogen-bond donors (Lipinski definition) is 2. The van der Waals surface area contributed by atoms with Gasteiger partial charge in [0.2, 0.25) is 0 Å². The molecule has 2 aromatic rings. The van der Waals surface area contributed by atoms with E-state index in [0.717, 1.165) is 0 Å². The van der Waals surface area contributed by atoms with Crippen molar-refractivity contribution in [1.29, 1.82) is 0 Å². The van der Waals surface area contributed by atoms with E-state index >= 15 is 0 Å². The first-order chi connectivity index (χ1) is 7.11. The highest BCUT2D eigenvalue weighted by atomic mass is 16.6. The molecule has 0 aliphatic carbocycles. The molecule has 1 aromatic heterocycles. The van der Waals surface area contributed by atoms with Gasteiger partial charge >= 0.3 is 0 Å². The van der Waals surface area contributed by atoms with E-state index in [9.17, 15) is 10.1 Å². The standard InChI is InChI=1S/C9H8N4O2/c10-8-6-4-12-2-1-5(6)3-7(9(8)11)13(14)15/h1-4H,10-11H2. The zero-order chi connectivity index (χ0) is 11.0. The van der Waals surface area contributed by atoms with Gasteiger partial charge in [0, 0.05) is 23.8 Å².